The molecular weight excluding hydrogens is 200 g/mol. The molecule has 0 aromatic carbocycles. The SMILES string of the molecule is CC1CCC(C(Cl)Cc2ncc[nH]2)O1. The largest absolute Gasteiger partial charge is 0.374 e. The van der Waals surface area contributed by atoms with Gasteiger partial charge < -0.3 is 9.72 Å². The maximum absolute atomic E-state index is 6.26. The molecular formula is C10H15ClN2O. The molecule has 0 spiro atoms. The first-order valence-electron chi connectivity index (χ1n) is 5.03. The summed E-state index contributed by atoms with van der Waals surface area (Å²) in [6, 6.07) is 0. The van der Waals surface area contributed by atoms with Crippen molar-refractivity contribution in [1.82, 2.24) is 9.97 Å². The minimum absolute atomic E-state index is 0.0334. The molecule has 1 saturated heterocycles. The molecule has 1 fully saturated rings. The number of H-pyrrole nitrogens is 1. The van der Waals surface area contributed by atoms with Gasteiger partial charge in [-0.1, -0.05) is 0 Å². The maximum Gasteiger partial charge on any atom is 0.107 e. The lowest BCUT2D eigenvalue weighted by Crippen LogP contribution is -2.23. The number of nitrogens with one attached hydrogen (secondary N) is 1. The molecule has 14 heavy (non-hydrogen) atoms. The molecule has 0 bridgehead atoms. The summed E-state index contributed by atoms with van der Waals surface area (Å²) < 4.78 is 5.70. The molecule has 0 saturated carbocycles. The number of aromatic nitrogens is 2. The van der Waals surface area contributed by atoms with Gasteiger partial charge in [0.1, 0.15) is 5.82 Å². The fourth-order valence-electron chi connectivity index (χ4n) is 1.83. The van der Waals surface area contributed by atoms with E-state index in [4.69, 9.17) is 16.3 Å². The van der Waals surface area contributed by atoms with Gasteiger partial charge in [0.25, 0.3) is 0 Å². The fraction of sp³-hybridized carbons (Fsp3) is 0.700. The number of aromatic amines is 1. The molecule has 4 heteroatoms. The first kappa shape index (κ1) is 9.99. The lowest BCUT2D eigenvalue weighted by molar-refractivity contribution is 0.0532. The normalized spacial score (nSPS) is 29.3. The van der Waals surface area contributed by atoms with Crippen molar-refractivity contribution < 1.29 is 4.74 Å². The van der Waals surface area contributed by atoms with E-state index < -0.39 is 0 Å². The summed E-state index contributed by atoms with van der Waals surface area (Å²) in [5.74, 6) is 0.938. The van der Waals surface area contributed by atoms with Crippen LogP contribution in [0.3, 0.4) is 0 Å². The Bertz CT molecular complexity index is 276. The van der Waals surface area contributed by atoms with Gasteiger partial charge in [-0.2, -0.15) is 0 Å². The number of halogens is 1. The third kappa shape index (κ3) is 2.28. The number of ether oxygens (including phenoxy) is 1. The minimum Gasteiger partial charge on any atom is -0.374 e. The number of imidazole rings is 1. The predicted molar refractivity (Wildman–Crippen MR) is 55.5 cm³/mol. The van der Waals surface area contributed by atoms with Gasteiger partial charge in [-0.05, 0) is 19.8 Å². The standard InChI is InChI=1S/C10H15ClN2O/c1-7-2-3-9(14-7)8(11)6-10-12-4-5-13-10/h4-5,7-9H,2-3,6H2,1H3,(H,12,13). The van der Waals surface area contributed by atoms with E-state index in [-0.39, 0.29) is 11.5 Å². The van der Waals surface area contributed by atoms with Gasteiger partial charge in [-0.3, -0.25) is 0 Å². The third-order valence-electron chi connectivity index (χ3n) is 2.61. The summed E-state index contributed by atoms with van der Waals surface area (Å²) in [7, 11) is 0. The van der Waals surface area contributed by atoms with Crippen LogP contribution in [0.1, 0.15) is 25.6 Å². The smallest absolute Gasteiger partial charge is 0.107 e. The highest BCUT2D eigenvalue weighted by atomic mass is 35.5. The van der Waals surface area contributed by atoms with Crippen LogP contribution in [0, 0.1) is 0 Å². The lowest BCUT2D eigenvalue weighted by atomic mass is 10.1. The van der Waals surface area contributed by atoms with E-state index in [2.05, 4.69) is 16.9 Å². The van der Waals surface area contributed by atoms with Crippen LogP contribution in [-0.4, -0.2) is 27.6 Å². The van der Waals surface area contributed by atoms with Crippen LogP contribution in [-0.2, 0) is 11.2 Å². The minimum atomic E-state index is 0.0334. The lowest BCUT2D eigenvalue weighted by Gasteiger charge is -2.16. The fourth-order valence-corrected chi connectivity index (χ4v) is 2.16. The molecule has 3 nitrogen and oxygen atoms in total. The molecule has 1 aliphatic heterocycles. The summed E-state index contributed by atoms with van der Waals surface area (Å²) in [5.41, 5.74) is 0. The summed E-state index contributed by atoms with van der Waals surface area (Å²) >= 11 is 6.26. The first-order chi connectivity index (χ1) is 6.75. The molecule has 78 valence electrons. The molecule has 3 unspecified atom stereocenters. The van der Waals surface area contributed by atoms with Crippen molar-refractivity contribution in [3.63, 3.8) is 0 Å². The molecule has 1 aliphatic rings. The van der Waals surface area contributed by atoms with Gasteiger partial charge in [0, 0.05) is 18.8 Å². The predicted octanol–water partition coefficient (Wildman–Crippen LogP) is 2.13. The quantitative estimate of drug-likeness (QED) is 0.783. The van der Waals surface area contributed by atoms with Crippen molar-refractivity contribution >= 4 is 11.6 Å². The van der Waals surface area contributed by atoms with Gasteiger partial charge in [0.2, 0.25) is 0 Å². The molecule has 1 aromatic heterocycles. The van der Waals surface area contributed by atoms with E-state index in [0.717, 1.165) is 25.1 Å². The Morgan fingerprint density at radius 2 is 2.57 bits per heavy atom. The topological polar surface area (TPSA) is 37.9 Å². The van der Waals surface area contributed by atoms with Crippen molar-refractivity contribution in [2.45, 2.75) is 43.8 Å². The summed E-state index contributed by atoms with van der Waals surface area (Å²) in [6.07, 6.45) is 7.05. The van der Waals surface area contributed by atoms with E-state index in [1.165, 1.54) is 0 Å². The van der Waals surface area contributed by atoms with Crippen LogP contribution in [0.4, 0.5) is 0 Å². The van der Waals surface area contributed by atoms with Crippen LogP contribution in [0.15, 0.2) is 12.4 Å². The second-order valence-electron chi connectivity index (χ2n) is 3.82. The highest BCUT2D eigenvalue weighted by Gasteiger charge is 2.28. The number of hydrogen-bond donors (Lipinski definition) is 1. The van der Waals surface area contributed by atoms with Gasteiger partial charge >= 0.3 is 0 Å². The molecule has 2 rings (SSSR count). The molecule has 0 radical (unpaired) electrons. The Labute approximate surface area is 88.8 Å². The summed E-state index contributed by atoms with van der Waals surface area (Å²) in [4.78, 5) is 7.20. The van der Waals surface area contributed by atoms with Crippen LogP contribution in [0.25, 0.3) is 0 Å². The number of nitrogens with zero attached hydrogens (tertiary/aromatic N) is 1. The van der Waals surface area contributed by atoms with Gasteiger partial charge in [-0.15, -0.1) is 11.6 Å². The Morgan fingerprint density at radius 1 is 1.71 bits per heavy atom. The number of alkyl halides is 1. The van der Waals surface area contributed by atoms with Gasteiger partial charge in [-0.25, -0.2) is 4.98 Å². The maximum atomic E-state index is 6.26. The van der Waals surface area contributed by atoms with E-state index in [1.54, 1.807) is 6.20 Å². The second-order valence-corrected chi connectivity index (χ2v) is 4.38. The Kier molecular flexibility index (Phi) is 3.08. The highest BCUT2D eigenvalue weighted by molar-refractivity contribution is 6.21. The van der Waals surface area contributed by atoms with Crippen LogP contribution in [0.2, 0.25) is 0 Å². The first-order valence-corrected chi connectivity index (χ1v) is 5.47. The van der Waals surface area contributed by atoms with Crippen molar-refractivity contribution in [2.24, 2.45) is 0 Å². The van der Waals surface area contributed by atoms with E-state index >= 15 is 0 Å². The zero-order chi connectivity index (χ0) is 9.97. The van der Waals surface area contributed by atoms with Crippen molar-refractivity contribution in [2.75, 3.05) is 0 Å². The second kappa shape index (κ2) is 4.32. The Balaban J connectivity index is 1.87. The molecule has 0 aliphatic carbocycles. The van der Waals surface area contributed by atoms with E-state index in [1.807, 2.05) is 6.20 Å². The summed E-state index contributed by atoms with van der Waals surface area (Å²) in [5, 5.41) is 0.0334. The van der Waals surface area contributed by atoms with E-state index in [9.17, 15) is 0 Å². The molecule has 2 heterocycles. The van der Waals surface area contributed by atoms with E-state index in [0.29, 0.717) is 6.10 Å². The zero-order valence-corrected chi connectivity index (χ0v) is 9.00. The zero-order valence-electron chi connectivity index (χ0n) is 8.24. The average Bonchev–Trinajstić information content (AvgIpc) is 2.75. The average molecular weight is 215 g/mol. The van der Waals surface area contributed by atoms with Gasteiger partial charge in [0.15, 0.2) is 0 Å². The Hall–Kier alpha value is -0.540. The van der Waals surface area contributed by atoms with Crippen molar-refractivity contribution in [3.8, 4) is 0 Å². The number of hydrogen-bond acceptors (Lipinski definition) is 2. The van der Waals surface area contributed by atoms with Crippen molar-refractivity contribution in [1.29, 1.82) is 0 Å². The van der Waals surface area contributed by atoms with Crippen LogP contribution >= 0.6 is 11.6 Å². The van der Waals surface area contributed by atoms with Crippen LogP contribution < -0.4 is 0 Å². The highest BCUT2D eigenvalue weighted by Crippen LogP contribution is 2.25. The molecule has 1 N–H and O–H groups in total. The Morgan fingerprint density at radius 3 is 3.14 bits per heavy atom. The molecule has 1 aromatic rings. The number of rotatable bonds is 3. The third-order valence-corrected chi connectivity index (χ3v) is 3.05. The monoisotopic (exact) mass is 214 g/mol. The molecule has 3 atom stereocenters. The summed E-state index contributed by atoms with van der Waals surface area (Å²) in [6.45, 7) is 2.09. The van der Waals surface area contributed by atoms with Crippen LogP contribution in [0.5, 0.6) is 0 Å². The van der Waals surface area contributed by atoms with Crippen molar-refractivity contribution in [3.05, 3.63) is 18.2 Å². The van der Waals surface area contributed by atoms with Gasteiger partial charge in [0.05, 0.1) is 17.6 Å². The molecule has 0 amide bonds.